The van der Waals surface area contributed by atoms with Crippen LogP contribution in [0.1, 0.15) is 31.4 Å². The predicted octanol–water partition coefficient (Wildman–Crippen LogP) is 1.75. The fourth-order valence-corrected chi connectivity index (χ4v) is 2.38. The third-order valence-corrected chi connectivity index (χ3v) is 3.56. The van der Waals surface area contributed by atoms with Gasteiger partial charge in [0.1, 0.15) is 11.9 Å². The monoisotopic (exact) mass is 280 g/mol. The molecular formula is C12H16N4O4. The van der Waals surface area contributed by atoms with E-state index < -0.39 is 10.9 Å². The average molecular weight is 280 g/mol. The topological polar surface area (TPSA) is 118 Å². The van der Waals surface area contributed by atoms with Crippen LogP contribution >= 0.6 is 0 Å². The molecule has 2 rings (SSSR count). The molecule has 0 radical (unpaired) electrons. The Bertz CT molecular complexity index is 526. The van der Waals surface area contributed by atoms with Crippen LogP contribution in [0.2, 0.25) is 0 Å². The van der Waals surface area contributed by atoms with Gasteiger partial charge in [-0.05, 0) is 32.6 Å². The Morgan fingerprint density at radius 2 is 2.10 bits per heavy atom. The highest BCUT2D eigenvalue weighted by atomic mass is 16.6. The van der Waals surface area contributed by atoms with Crippen molar-refractivity contribution in [1.82, 2.24) is 9.97 Å². The van der Waals surface area contributed by atoms with Gasteiger partial charge in [0.2, 0.25) is 5.95 Å². The van der Waals surface area contributed by atoms with Crippen molar-refractivity contribution in [2.75, 3.05) is 5.32 Å². The molecule has 0 unspecified atom stereocenters. The first-order chi connectivity index (χ1) is 9.47. The van der Waals surface area contributed by atoms with Gasteiger partial charge in [-0.15, -0.1) is 0 Å². The maximum atomic E-state index is 10.9. The zero-order valence-electron chi connectivity index (χ0n) is 11.1. The molecule has 8 heteroatoms. The maximum absolute atomic E-state index is 10.9. The van der Waals surface area contributed by atoms with Crippen molar-refractivity contribution in [2.24, 2.45) is 5.92 Å². The molecule has 1 aliphatic rings. The largest absolute Gasteiger partial charge is 0.481 e. The third-order valence-electron chi connectivity index (χ3n) is 3.56. The van der Waals surface area contributed by atoms with Crippen molar-refractivity contribution in [3.63, 3.8) is 0 Å². The second kappa shape index (κ2) is 5.81. The molecule has 1 saturated carbocycles. The lowest BCUT2D eigenvalue weighted by molar-refractivity contribution is -0.386. The fourth-order valence-electron chi connectivity index (χ4n) is 2.38. The van der Waals surface area contributed by atoms with E-state index in [2.05, 4.69) is 15.3 Å². The SMILES string of the molecule is Cc1nc(NC2CCC(C(=O)O)CC2)ncc1[N+](=O)[O-]. The Morgan fingerprint density at radius 1 is 1.45 bits per heavy atom. The van der Waals surface area contributed by atoms with Gasteiger partial charge in [-0.3, -0.25) is 14.9 Å². The number of carboxylic acids is 1. The number of hydrogen-bond acceptors (Lipinski definition) is 6. The minimum atomic E-state index is -0.745. The molecule has 8 nitrogen and oxygen atoms in total. The molecule has 0 amide bonds. The van der Waals surface area contributed by atoms with Crippen LogP contribution in [-0.2, 0) is 4.79 Å². The Morgan fingerprint density at radius 3 is 2.60 bits per heavy atom. The minimum absolute atomic E-state index is 0.106. The van der Waals surface area contributed by atoms with Crippen LogP contribution in [0.4, 0.5) is 11.6 Å². The molecule has 2 N–H and O–H groups in total. The van der Waals surface area contributed by atoms with E-state index in [0.717, 1.165) is 12.8 Å². The van der Waals surface area contributed by atoms with Gasteiger partial charge in [0.05, 0.1) is 10.8 Å². The highest BCUT2D eigenvalue weighted by molar-refractivity contribution is 5.70. The summed E-state index contributed by atoms with van der Waals surface area (Å²) >= 11 is 0. The predicted molar refractivity (Wildman–Crippen MR) is 70.4 cm³/mol. The summed E-state index contributed by atoms with van der Waals surface area (Å²) in [5.74, 6) is -0.662. The smallest absolute Gasteiger partial charge is 0.308 e. The Balaban J connectivity index is 1.96. The van der Waals surface area contributed by atoms with Gasteiger partial charge in [0, 0.05) is 6.04 Å². The van der Waals surface area contributed by atoms with E-state index in [1.807, 2.05) is 0 Å². The Hall–Kier alpha value is -2.25. The summed E-state index contributed by atoms with van der Waals surface area (Å²) in [6, 6.07) is 0.117. The van der Waals surface area contributed by atoms with Gasteiger partial charge in [-0.1, -0.05) is 0 Å². The number of nitrogens with zero attached hydrogens (tertiary/aromatic N) is 3. The molecule has 1 fully saturated rings. The fraction of sp³-hybridized carbons (Fsp3) is 0.583. The van der Waals surface area contributed by atoms with Gasteiger partial charge >= 0.3 is 11.7 Å². The zero-order valence-corrected chi connectivity index (χ0v) is 11.1. The number of hydrogen-bond donors (Lipinski definition) is 2. The van der Waals surface area contributed by atoms with Gasteiger partial charge in [-0.2, -0.15) is 0 Å². The number of rotatable bonds is 4. The number of nitrogens with one attached hydrogen (secondary N) is 1. The van der Waals surface area contributed by atoms with Gasteiger partial charge < -0.3 is 10.4 Å². The Kier molecular flexibility index (Phi) is 4.11. The van der Waals surface area contributed by atoms with E-state index in [-0.39, 0.29) is 17.6 Å². The summed E-state index contributed by atoms with van der Waals surface area (Å²) in [5.41, 5.74) is 0.205. The second-order valence-corrected chi connectivity index (χ2v) is 4.95. The standard InChI is InChI=1S/C12H16N4O4/c1-7-10(16(19)20)6-13-12(14-7)15-9-4-2-8(3-5-9)11(17)18/h6,8-9H,2-5H2,1H3,(H,17,18)(H,13,14,15). The molecule has 1 heterocycles. The maximum Gasteiger partial charge on any atom is 0.308 e. The number of aliphatic carboxylic acids is 1. The van der Waals surface area contributed by atoms with Crippen LogP contribution in [0, 0.1) is 23.0 Å². The number of anilines is 1. The molecule has 20 heavy (non-hydrogen) atoms. The summed E-state index contributed by atoms with van der Waals surface area (Å²) in [6.45, 7) is 1.56. The van der Waals surface area contributed by atoms with Crippen LogP contribution in [-0.4, -0.2) is 32.0 Å². The number of carboxylic acid groups (broad SMARTS) is 1. The lowest BCUT2D eigenvalue weighted by Crippen LogP contribution is -2.29. The van der Waals surface area contributed by atoms with Crippen LogP contribution in [0.15, 0.2) is 6.20 Å². The summed E-state index contributed by atoms with van der Waals surface area (Å²) in [4.78, 5) is 29.0. The van der Waals surface area contributed by atoms with E-state index in [0.29, 0.717) is 24.5 Å². The molecule has 0 saturated heterocycles. The first-order valence-corrected chi connectivity index (χ1v) is 6.44. The van der Waals surface area contributed by atoms with E-state index in [1.165, 1.54) is 6.20 Å². The summed E-state index contributed by atoms with van der Waals surface area (Å²) in [7, 11) is 0. The normalized spacial score (nSPS) is 22.2. The van der Waals surface area contributed by atoms with E-state index in [4.69, 9.17) is 5.11 Å². The quantitative estimate of drug-likeness (QED) is 0.637. The van der Waals surface area contributed by atoms with Crippen molar-refractivity contribution in [3.8, 4) is 0 Å². The minimum Gasteiger partial charge on any atom is -0.481 e. The highest BCUT2D eigenvalue weighted by Crippen LogP contribution is 2.26. The third kappa shape index (κ3) is 3.19. The average Bonchev–Trinajstić information content (AvgIpc) is 2.39. The summed E-state index contributed by atoms with van der Waals surface area (Å²) in [5, 5.41) is 22.7. The van der Waals surface area contributed by atoms with Crippen LogP contribution in [0.3, 0.4) is 0 Å². The van der Waals surface area contributed by atoms with E-state index in [9.17, 15) is 14.9 Å². The van der Waals surface area contributed by atoms with Crippen molar-refractivity contribution in [3.05, 3.63) is 22.0 Å². The number of aromatic nitrogens is 2. The number of nitro groups is 1. The zero-order chi connectivity index (χ0) is 14.7. The summed E-state index contributed by atoms with van der Waals surface area (Å²) < 4.78 is 0. The first-order valence-electron chi connectivity index (χ1n) is 6.44. The van der Waals surface area contributed by atoms with Gasteiger partial charge in [0.25, 0.3) is 0 Å². The molecule has 0 bridgehead atoms. The number of carbonyl (C=O) groups is 1. The molecule has 1 aromatic heterocycles. The van der Waals surface area contributed by atoms with Crippen LogP contribution < -0.4 is 5.32 Å². The first kappa shape index (κ1) is 14.2. The molecule has 108 valence electrons. The molecule has 0 spiro atoms. The second-order valence-electron chi connectivity index (χ2n) is 4.95. The van der Waals surface area contributed by atoms with Crippen molar-refractivity contribution >= 4 is 17.6 Å². The number of aryl methyl sites for hydroxylation is 1. The molecule has 1 aliphatic carbocycles. The van der Waals surface area contributed by atoms with Gasteiger partial charge in [0.15, 0.2) is 0 Å². The van der Waals surface area contributed by atoms with Gasteiger partial charge in [-0.25, -0.2) is 9.97 Å². The lowest BCUT2D eigenvalue weighted by Gasteiger charge is -2.26. The van der Waals surface area contributed by atoms with Crippen LogP contribution in [0.5, 0.6) is 0 Å². The van der Waals surface area contributed by atoms with Crippen LogP contribution in [0.25, 0.3) is 0 Å². The van der Waals surface area contributed by atoms with Crippen molar-refractivity contribution in [2.45, 2.75) is 38.6 Å². The van der Waals surface area contributed by atoms with Crippen molar-refractivity contribution < 1.29 is 14.8 Å². The molecule has 1 aromatic rings. The Labute approximate surface area is 115 Å². The molecule has 0 aromatic carbocycles. The molecular weight excluding hydrogens is 264 g/mol. The van der Waals surface area contributed by atoms with E-state index in [1.54, 1.807) is 6.92 Å². The van der Waals surface area contributed by atoms with Crippen molar-refractivity contribution in [1.29, 1.82) is 0 Å². The molecule has 0 atom stereocenters. The molecule has 0 aliphatic heterocycles. The summed E-state index contributed by atoms with van der Waals surface area (Å²) in [6.07, 6.45) is 3.90. The van der Waals surface area contributed by atoms with E-state index >= 15 is 0 Å². The highest BCUT2D eigenvalue weighted by Gasteiger charge is 2.26. The lowest BCUT2D eigenvalue weighted by atomic mass is 9.86.